The number of aryl methyl sites for hydroxylation is 1. The Morgan fingerprint density at radius 3 is 2.33 bits per heavy atom. The number of rotatable bonds is 8. The zero-order valence-corrected chi connectivity index (χ0v) is 15.7. The van der Waals surface area contributed by atoms with Crippen LogP contribution in [0.2, 0.25) is 0 Å². The van der Waals surface area contributed by atoms with Crippen LogP contribution >= 0.6 is 0 Å². The molecule has 0 spiro atoms. The number of sulfone groups is 1. The highest BCUT2D eigenvalue weighted by atomic mass is 32.2. The molecule has 0 aliphatic heterocycles. The molecule has 0 bridgehead atoms. The van der Waals surface area contributed by atoms with Gasteiger partial charge in [-0.15, -0.1) is 0 Å². The molecule has 0 heterocycles. The van der Waals surface area contributed by atoms with Crippen LogP contribution in [0.25, 0.3) is 0 Å². The Morgan fingerprint density at radius 1 is 1.00 bits per heavy atom. The first-order chi connectivity index (χ1) is 12.8. The average Bonchev–Trinajstić information content (AvgIpc) is 2.65. The van der Waals surface area contributed by atoms with Gasteiger partial charge in [-0.25, -0.2) is 12.8 Å². The quantitative estimate of drug-likeness (QED) is 0.675. The molecule has 0 unspecified atom stereocenters. The average molecular weight is 392 g/mol. The van der Waals surface area contributed by atoms with Crippen molar-refractivity contribution in [2.45, 2.75) is 24.7 Å². The maximum atomic E-state index is 12.9. The Kier molecular flexibility index (Phi) is 7.06. The van der Waals surface area contributed by atoms with Crippen molar-refractivity contribution in [3.8, 4) is 0 Å². The summed E-state index contributed by atoms with van der Waals surface area (Å²) in [6, 6.07) is 11.7. The fourth-order valence-electron chi connectivity index (χ4n) is 2.40. The van der Waals surface area contributed by atoms with E-state index in [9.17, 15) is 22.4 Å². The van der Waals surface area contributed by atoms with Crippen LogP contribution in [-0.4, -0.2) is 32.5 Å². The first-order valence-electron chi connectivity index (χ1n) is 8.44. The number of halogens is 1. The zero-order chi connectivity index (χ0) is 19.9. The second-order valence-electron chi connectivity index (χ2n) is 5.86. The molecule has 8 heteroatoms. The van der Waals surface area contributed by atoms with Gasteiger partial charge in [0.15, 0.2) is 9.84 Å². The molecule has 27 heavy (non-hydrogen) atoms. The molecule has 0 fully saturated rings. The molecule has 0 aromatic heterocycles. The molecular weight excluding hydrogens is 371 g/mol. The molecule has 0 radical (unpaired) electrons. The Morgan fingerprint density at radius 2 is 1.67 bits per heavy atom. The molecule has 2 rings (SSSR count). The highest BCUT2D eigenvalue weighted by Crippen LogP contribution is 2.15. The lowest BCUT2D eigenvalue weighted by Gasteiger charge is -2.10. The molecule has 0 atom stereocenters. The SMILES string of the molecule is CCc1ccccc1NC(=O)CNC(=O)CCS(=O)(=O)c1ccc(F)cc1. The number of nitrogens with one attached hydrogen (secondary N) is 2. The number of hydrogen-bond acceptors (Lipinski definition) is 4. The van der Waals surface area contributed by atoms with E-state index in [4.69, 9.17) is 0 Å². The number of amides is 2. The molecule has 2 amide bonds. The predicted octanol–water partition coefficient (Wildman–Crippen LogP) is 2.31. The van der Waals surface area contributed by atoms with Gasteiger partial charge in [0.05, 0.1) is 17.2 Å². The van der Waals surface area contributed by atoms with E-state index in [1.165, 1.54) is 0 Å². The van der Waals surface area contributed by atoms with Gasteiger partial charge in [-0.05, 0) is 42.3 Å². The van der Waals surface area contributed by atoms with Crippen LogP contribution in [0.15, 0.2) is 53.4 Å². The molecule has 0 saturated heterocycles. The van der Waals surface area contributed by atoms with E-state index in [0.29, 0.717) is 5.69 Å². The number of benzene rings is 2. The number of carbonyl (C=O) groups is 2. The second-order valence-corrected chi connectivity index (χ2v) is 7.97. The standard InChI is InChI=1S/C19H21FN2O4S/c1-2-14-5-3-4-6-17(14)22-19(24)13-21-18(23)11-12-27(25,26)16-9-7-15(20)8-10-16/h3-10H,2,11-13H2,1H3,(H,21,23)(H,22,24). The third-order valence-corrected chi connectivity index (χ3v) is 5.62. The maximum absolute atomic E-state index is 12.9. The summed E-state index contributed by atoms with van der Waals surface area (Å²) in [5, 5.41) is 5.11. The van der Waals surface area contributed by atoms with Crippen molar-refractivity contribution in [3.63, 3.8) is 0 Å². The normalized spacial score (nSPS) is 11.0. The van der Waals surface area contributed by atoms with Crippen LogP contribution in [0.4, 0.5) is 10.1 Å². The Bertz CT molecular complexity index is 912. The first-order valence-corrected chi connectivity index (χ1v) is 10.1. The summed E-state index contributed by atoms with van der Waals surface area (Å²) in [6.45, 7) is 1.71. The summed E-state index contributed by atoms with van der Waals surface area (Å²) in [5.41, 5.74) is 1.65. The minimum absolute atomic E-state index is 0.0504. The van der Waals surface area contributed by atoms with Crippen molar-refractivity contribution in [1.82, 2.24) is 5.32 Å². The second kappa shape index (κ2) is 9.27. The number of hydrogen-bond donors (Lipinski definition) is 2. The summed E-state index contributed by atoms with van der Waals surface area (Å²) in [6.07, 6.45) is 0.461. The van der Waals surface area contributed by atoms with Crippen LogP contribution in [-0.2, 0) is 25.8 Å². The van der Waals surface area contributed by atoms with Crippen molar-refractivity contribution in [2.24, 2.45) is 0 Å². The van der Waals surface area contributed by atoms with Crippen LogP contribution < -0.4 is 10.6 Å². The summed E-state index contributed by atoms with van der Waals surface area (Å²) in [4.78, 5) is 23.7. The van der Waals surface area contributed by atoms with E-state index in [-0.39, 0.29) is 17.9 Å². The van der Waals surface area contributed by atoms with E-state index < -0.39 is 33.2 Å². The molecule has 0 saturated carbocycles. The lowest BCUT2D eigenvalue weighted by molar-refractivity contribution is -0.123. The fourth-order valence-corrected chi connectivity index (χ4v) is 3.64. The number of anilines is 1. The van der Waals surface area contributed by atoms with E-state index in [1.54, 1.807) is 12.1 Å². The Hall–Kier alpha value is -2.74. The summed E-state index contributed by atoms with van der Waals surface area (Å²) < 4.78 is 37.1. The molecule has 2 aromatic carbocycles. The summed E-state index contributed by atoms with van der Waals surface area (Å²) >= 11 is 0. The van der Waals surface area contributed by atoms with E-state index in [1.807, 2.05) is 19.1 Å². The van der Waals surface area contributed by atoms with Crippen LogP contribution in [0.1, 0.15) is 18.9 Å². The Labute approximate surface area is 157 Å². The van der Waals surface area contributed by atoms with Gasteiger partial charge in [-0.2, -0.15) is 0 Å². The molecule has 0 aliphatic rings. The van der Waals surface area contributed by atoms with Gasteiger partial charge in [-0.1, -0.05) is 25.1 Å². The van der Waals surface area contributed by atoms with Gasteiger partial charge in [0.2, 0.25) is 11.8 Å². The van der Waals surface area contributed by atoms with Crippen LogP contribution in [0, 0.1) is 5.82 Å². The summed E-state index contributed by atoms with van der Waals surface area (Å²) in [7, 11) is -3.70. The van der Waals surface area contributed by atoms with Gasteiger partial charge < -0.3 is 10.6 Å². The third kappa shape index (κ3) is 6.18. The fraction of sp³-hybridized carbons (Fsp3) is 0.263. The molecule has 0 aliphatic carbocycles. The van der Waals surface area contributed by atoms with Crippen molar-refractivity contribution in [1.29, 1.82) is 0 Å². The molecule has 2 aromatic rings. The van der Waals surface area contributed by atoms with E-state index in [2.05, 4.69) is 10.6 Å². The topological polar surface area (TPSA) is 92.3 Å². The highest BCUT2D eigenvalue weighted by molar-refractivity contribution is 7.91. The Balaban J connectivity index is 1.82. The first kappa shape index (κ1) is 20.6. The van der Waals surface area contributed by atoms with E-state index >= 15 is 0 Å². The highest BCUT2D eigenvalue weighted by Gasteiger charge is 2.17. The maximum Gasteiger partial charge on any atom is 0.243 e. The minimum Gasteiger partial charge on any atom is -0.347 e. The minimum atomic E-state index is -3.70. The van der Waals surface area contributed by atoms with Crippen molar-refractivity contribution < 1.29 is 22.4 Å². The molecular formula is C19H21FN2O4S. The van der Waals surface area contributed by atoms with Gasteiger partial charge in [0, 0.05) is 12.1 Å². The zero-order valence-electron chi connectivity index (χ0n) is 14.9. The monoisotopic (exact) mass is 392 g/mol. The number of para-hydroxylation sites is 1. The largest absolute Gasteiger partial charge is 0.347 e. The van der Waals surface area contributed by atoms with E-state index in [0.717, 1.165) is 36.2 Å². The lowest BCUT2D eigenvalue weighted by Crippen LogP contribution is -2.33. The van der Waals surface area contributed by atoms with Crippen molar-refractivity contribution in [2.75, 3.05) is 17.6 Å². The van der Waals surface area contributed by atoms with Gasteiger partial charge >= 0.3 is 0 Å². The molecule has 6 nitrogen and oxygen atoms in total. The van der Waals surface area contributed by atoms with Crippen molar-refractivity contribution in [3.05, 3.63) is 59.9 Å². The van der Waals surface area contributed by atoms with Crippen LogP contribution in [0.5, 0.6) is 0 Å². The van der Waals surface area contributed by atoms with Crippen LogP contribution in [0.3, 0.4) is 0 Å². The smallest absolute Gasteiger partial charge is 0.243 e. The molecule has 144 valence electrons. The van der Waals surface area contributed by atoms with Gasteiger partial charge in [0.25, 0.3) is 0 Å². The predicted molar refractivity (Wildman–Crippen MR) is 101 cm³/mol. The van der Waals surface area contributed by atoms with Crippen molar-refractivity contribution >= 4 is 27.3 Å². The molecule has 2 N–H and O–H groups in total. The summed E-state index contributed by atoms with van der Waals surface area (Å²) in [5.74, 6) is -1.92. The van der Waals surface area contributed by atoms with Gasteiger partial charge in [0.1, 0.15) is 5.82 Å². The lowest BCUT2D eigenvalue weighted by atomic mass is 10.1. The third-order valence-electron chi connectivity index (χ3n) is 3.89. The van der Waals surface area contributed by atoms with Gasteiger partial charge in [-0.3, -0.25) is 9.59 Å². The number of carbonyl (C=O) groups excluding carboxylic acids is 2.